The van der Waals surface area contributed by atoms with E-state index in [0.29, 0.717) is 6.04 Å². The molecular weight excluding hydrogens is 308 g/mol. The Bertz CT molecular complexity index is 371. The molecule has 1 aromatic carbocycles. The molecule has 0 saturated heterocycles. The first-order chi connectivity index (χ1) is 8.60. The summed E-state index contributed by atoms with van der Waals surface area (Å²) in [6, 6.07) is 7.16. The second-order valence-corrected chi connectivity index (χ2v) is 6.24. The molecule has 0 aliphatic heterocycles. The quantitative estimate of drug-likeness (QED) is 0.819. The molecule has 0 amide bonds. The molecular formula is C14H23BrN2S. The minimum Gasteiger partial charge on any atom is -0.371 e. The molecule has 0 spiro atoms. The van der Waals surface area contributed by atoms with E-state index in [4.69, 9.17) is 0 Å². The molecule has 0 bridgehead atoms. The maximum Gasteiger partial charge on any atom is 0.0377 e. The van der Waals surface area contributed by atoms with Crippen LogP contribution in [0.5, 0.6) is 0 Å². The molecule has 1 rings (SSSR count). The van der Waals surface area contributed by atoms with Gasteiger partial charge in [0.15, 0.2) is 0 Å². The van der Waals surface area contributed by atoms with Gasteiger partial charge in [-0.2, -0.15) is 11.8 Å². The van der Waals surface area contributed by atoms with Crippen LogP contribution in [0.2, 0.25) is 0 Å². The van der Waals surface area contributed by atoms with Gasteiger partial charge in [-0.1, -0.05) is 28.9 Å². The number of hydrogen-bond donors (Lipinski definition) is 1. The zero-order valence-corrected chi connectivity index (χ0v) is 14.1. The van der Waals surface area contributed by atoms with E-state index in [2.05, 4.69) is 71.5 Å². The van der Waals surface area contributed by atoms with E-state index < -0.39 is 0 Å². The van der Waals surface area contributed by atoms with Crippen LogP contribution in [-0.4, -0.2) is 31.6 Å². The smallest absolute Gasteiger partial charge is 0.0377 e. The van der Waals surface area contributed by atoms with E-state index >= 15 is 0 Å². The summed E-state index contributed by atoms with van der Waals surface area (Å²) in [6.45, 7) is 6.30. The summed E-state index contributed by atoms with van der Waals surface area (Å²) >= 11 is 5.55. The van der Waals surface area contributed by atoms with Crippen molar-refractivity contribution in [3.8, 4) is 0 Å². The van der Waals surface area contributed by atoms with Gasteiger partial charge in [0.1, 0.15) is 0 Å². The van der Waals surface area contributed by atoms with Crippen LogP contribution >= 0.6 is 27.7 Å². The number of anilines is 1. The molecule has 0 aliphatic carbocycles. The highest BCUT2D eigenvalue weighted by Crippen LogP contribution is 2.25. The van der Waals surface area contributed by atoms with Gasteiger partial charge in [0.2, 0.25) is 0 Å². The van der Waals surface area contributed by atoms with Crippen molar-refractivity contribution in [1.29, 1.82) is 0 Å². The largest absolute Gasteiger partial charge is 0.371 e. The summed E-state index contributed by atoms with van der Waals surface area (Å²) < 4.78 is 1.18. The summed E-state index contributed by atoms with van der Waals surface area (Å²) in [7, 11) is 2.16. The Morgan fingerprint density at radius 2 is 2.17 bits per heavy atom. The molecule has 0 radical (unpaired) electrons. The summed E-state index contributed by atoms with van der Waals surface area (Å²) in [5.74, 6) is 1.15. The highest BCUT2D eigenvalue weighted by atomic mass is 79.9. The van der Waals surface area contributed by atoms with Crippen molar-refractivity contribution in [2.24, 2.45) is 0 Å². The monoisotopic (exact) mass is 330 g/mol. The van der Waals surface area contributed by atoms with E-state index in [0.717, 1.165) is 18.8 Å². The molecule has 1 aromatic rings. The van der Waals surface area contributed by atoms with Gasteiger partial charge in [-0.15, -0.1) is 0 Å². The number of thioether (sulfide) groups is 1. The molecule has 1 atom stereocenters. The van der Waals surface area contributed by atoms with Gasteiger partial charge in [0.05, 0.1) is 0 Å². The average Bonchev–Trinajstić information content (AvgIpc) is 2.36. The zero-order valence-electron chi connectivity index (χ0n) is 11.7. The Kier molecular flexibility index (Phi) is 7.12. The third kappa shape index (κ3) is 4.48. The van der Waals surface area contributed by atoms with Crippen LogP contribution in [0.3, 0.4) is 0 Å². The van der Waals surface area contributed by atoms with E-state index in [1.807, 2.05) is 11.8 Å². The van der Waals surface area contributed by atoms with Gasteiger partial charge in [-0.05, 0) is 37.4 Å². The molecule has 0 fully saturated rings. The van der Waals surface area contributed by atoms with Gasteiger partial charge >= 0.3 is 0 Å². The Morgan fingerprint density at radius 1 is 1.44 bits per heavy atom. The van der Waals surface area contributed by atoms with Crippen molar-refractivity contribution in [2.45, 2.75) is 26.4 Å². The van der Waals surface area contributed by atoms with Crippen molar-refractivity contribution in [3.63, 3.8) is 0 Å². The SMILES string of the molecule is CCNCc1ccc(N(C)C(C)CSC)cc1Br. The maximum atomic E-state index is 3.66. The first-order valence-corrected chi connectivity index (χ1v) is 8.49. The highest BCUT2D eigenvalue weighted by molar-refractivity contribution is 9.10. The lowest BCUT2D eigenvalue weighted by atomic mass is 10.2. The van der Waals surface area contributed by atoms with Gasteiger partial charge in [0.25, 0.3) is 0 Å². The predicted octanol–water partition coefficient (Wildman–Crippen LogP) is 3.75. The number of hydrogen-bond acceptors (Lipinski definition) is 3. The predicted molar refractivity (Wildman–Crippen MR) is 87.8 cm³/mol. The summed E-state index contributed by atoms with van der Waals surface area (Å²) in [5.41, 5.74) is 2.58. The maximum absolute atomic E-state index is 3.66. The summed E-state index contributed by atoms with van der Waals surface area (Å²) in [4.78, 5) is 2.33. The first-order valence-electron chi connectivity index (χ1n) is 6.31. The summed E-state index contributed by atoms with van der Waals surface area (Å²) in [5, 5.41) is 3.35. The Balaban J connectivity index is 2.76. The zero-order chi connectivity index (χ0) is 13.5. The fraction of sp³-hybridized carbons (Fsp3) is 0.571. The van der Waals surface area contributed by atoms with Gasteiger partial charge in [-0.25, -0.2) is 0 Å². The number of benzene rings is 1. The highest BCUT2D eigenvalue weighted by Gasteiger charge is 2.10. The van der Waals surface area contributed by atoms with E-state index in [1.165, 1.54) is 15.7 Å². The van der Waals surface area contributed by atoms with Crippen LogP contribution in [0, 0.1) is 0 Å². The minimum atomic E-state index is 0.548. The first kappa shape index (κ1) is 15.9. The van der Waals surface area contributed by atoms with E-state index in [9.17, 15) is 0 Å². The van der Waals surface area contributed by atoms with Crippen molar-refractivity contribution in [2.75, 3.05) is 30.5 Å². The molecule has 0 aliphatic rings. The Labute approximate surface area is 124 Å². The fourth-order valence-electron chi connectivity index (χ4n) is 1.77. The molecule has 1 unspecified atom stereocenters. The minimum absolute atomic E-state index is 0.548. The van der Waals surface area contributed by atoms with Crippen LogP contribution in [-0.2, 0) is 6.54 Å². The molecule has 2 nitrogen and oxygen atoms in total. The normalized spacial score (nSPS) is 12.5. The van der Waals surface area contributed by atoms with Gasteiger partial charge in [0, 0.05) is 35.5 Å². The topological polar surface area (TPSA) is 15.3 Å². The standard InChI is InChI=1S/C14H23BrN2S/c1-5-16-9-12-6-7-13(8-14(12)15)17(3)11(2)10-18-4/h6-8,11,16H,5,9-10H2,1-4H3. The molecule has 0 aromatic heterocycles. The van der Waals surface area contributed by atoms with Crippen LogP contribution in [0.4, 0.5) is 5.69 Å². The van der Waals surface area contributed by atoms with Crippen molar-refractivity contribution < 1.29 is 0 Å². The number of nitrogens with one attached hydrogen (secondary N) is 1. The number of rotatable bonds is 7. The van der Waals surface area contributed by atoms with Gasteiger partial charge < -0.3 is 10.2 Å². The third-order valence-corrected chi connectivity index (χ3v) is 4.63. The molecule has 102 valence electrons. The second-order valence-electron chi connectivity index (χ2n) is 4.47. The van der Waals surface area contributed by atoms with Crippen LogP contribution in [0.15, 0.2) is 22.7 Å². The van der Waals surface area contributed by atoms with Crippen LogP contribution < -0.4 is 10.2 Å². The Morgan fingerprint density at radius 3 is 2.72 bits per heavy atom. The molecule has 0 saturated carbocycles. The van der Waals surface area contributed by atoms with Crippen molar-refractivity contribution in [1.82, 2.24) is 5.32 Å². The lowest BCUT2D eigenvalue weighted by Crippen LogP contribution is -2.30. The number of halogens is 1. The van der Waals surface area contributed by atoms with E-state index in [1.54, 1.807) is 0 Å². The lowest BCUT2D eigenvalue weighted by molar-refractivity contribution is 0.723. The molecule has 18 heavy (non-hydrogen) atoms. The van der Waals surface area contributed by atoms with Crippen LogP contribution in [0.1, 0.15) is 19.4 Å². The average molecular weight is 331 g/mol. The number of nitrogens with zero attached hydrogens (tertiary/aromatic N) is 1. The van der Waals surface area contributed by atoms with Crippen molar-refractivity contribution >= 4 is 33.4 Å². The summed E-state index contributed by atoms with van der Waals surface area (Å²) in [6.07, 6.45) is 2.15. The molecule has 1 N–H and O–H groups in total. The van der Waals surface area contributed by atoms with Crippen molar-refractivity contribution in [3.05, 3.63) is 28.2 Å². The lowest BCUT2D eigenvalue weighted by Gasteiger charge is -2.27. The van der Waals surface area contributed by atoms with E-state index in [-0.39, 0.29) is 0 Å². The Hall–Kier alpha value is -0.190. The third-order valence-electron chi connectivity index (χ3n) is 3.08. The molecule has 0 heterocycles. The van der Waals surface area contributed by atoms with Crippen LogP contribution in [0.25, 0.3) is 0 Å². The van der Waals surface area contributed by atoms with Gasteiger partial charge in [-0.3, -0.25) is 0 Å². The molecule has 4 heteroatoms. The fourth-order valence-corrected chi connectivity index (χ4v) is 2.98. The second kappa shape index (κ2) is 8.08.